The van der Waals surface area contributed by atoms with E-state index < -0.39 is 0 Å². The normalized spacial score (nSPS) is 10.5. The molecule has 8 heteroatoms. The zero-order chi connectivity index (χ0) is 16.5. The number of ether oxygens (including phenoxy) is 1. The summed E-state index contributed by atoms with van der Waals surface area (Å²) in [6.07, 6.45) is 1.11. The Labute approximate surface area is 148 Å². The molecule has 0 unspecified atom stereocenters. The summed E-state index contributed by atoms with van der Waals surface area (Å²) in [5.74, 6) is 2.16. The molecule has 0 saturated carbocycles. The summed E-state index contributed by atoms with van der Waals surface area (Å²) in [5.41, 5.74) is 1.01. The van der Waals surface area contributed by atoms with E-state index in [4.69, 9.17) is 4.74 Å². The maximum absolute atomic E-state index is 11.9. The summed E-state index contributed by atoms with van der Waals surface area (Å²) in [6.45, 7) is 2.63. The molecule has 0 atom stereocenters. The van der Waals surface area contributed by atoms with Crippen LogP contribution < -0.4 is 10.1 Å². The molecule has 0 aliphatic carbocycles. The Kier molecular flexibility index (Phi) is 7.70. The fraction of sp³-hybridized carbons (Fsp3) is 0.400. The van der Waals surface area contributed by atoms with Crippen LogP contribution in [0.25, 0.3) is 0 Å². The van der Waals surface area contributed by atoms with Gasteiger partial charge in [-0.05, 0) is 24.1 Å². The molecule has 1 heterocycles. The van der Waals surface area contributed by atoms with Crippen molar-refractivity contribution in [1.82, 2.24) is 15.5 Å². The van der Waals surface area contributed by atoms with Crippen molar-refractivity contribution >= 4 is 40.8 Å². The summed E-state index contributed by atoms with van der Waals surface area (Å²) in [5, 5.41) is 11.1. The first-order valence-corrected chi connectivity index (χ1v) is 9.98. The van der Waals surface area contributed by atoms with E-state index in [1.165, 1.54) is 11.8 Å². The first-order valence-electron chi connectivity index (χ1n) is 7.20. The Balaban J connectivity index is 1.73. The lowest BCUT2D eigenvalue weighted by Crippen LogP contribution is -2.24. The van der Waals surface area contributed by atoms with Crippen LogP contribution in [0.4, 0.5) is 0 Å². The number of carbonyl (C=O) groups is 1. The van der Waals surface area contributed by atoms with Crippen molar-refractivity contribution in [1.29, 1.82) is 0 Å². The molecule has 0 bridgehead atoms. The van der Waals surface area contributed by atoms with E-state index in [0.717, 1.165) is 32.2 Å². The van der Waals surface area contributed by atoms with Gasteiger partial charge in [0.2, 0.25) is 5.91 Å². The lowest BCUT2D eigenvalue weighted by molar-refractivity contribution is -0.118. The van der Waals surface area contributed by atoms with Gasteiger partial charge >= 0.3 is 0 Å². The molecule has 0 fully saturated rings. The molecule has 124 valence electrons. The van der Waals surface area contributed by atoms with Gasteiger partial charge < -0.3 is 10.1 Å². The highest BCUT2D eigenvalue weighted by molar-refractivity contribution is 8.03. The van der Waals surface area contributed by atoms with Crippen molar-refractivity contribution in [3.8, 4) is 5.75 Å². The van der Waals surface area contributed by atoms with Gasteiger partial charge in [0.1, 0.15) is 5.75 Å². The highest BCUT2D eigenvalue weighted by atomic mass is 32.2. The minimum Gasteiger partial charge on any atom is -0.497 e. The first-order chi connectivity index (χ1) is 11.2. The number of thioether (sulfide) groups is 2. The molecule has 1 amide bonds. The van der Waals surface area contributed by atoms with E-state index in [9.17, 15) is 4.79 Å². The van der Waals surface area contributed by atoms with Crippen molar-refractivity contribution < 1.29 is 9.53 Å². The Morgan fingerprint density at radius 2 is 2.09 bits per heavy atom. The summed E-state index contributed by atoms with van der Waals surface area (Å²) in [6, 6.07) is 7.66. The van der Waals surface area contributed by atoms with Crippen molar-refractivity contribution in [3.63, 3.8) is 0 Å². The van der Waals surface area contributed by atoms with Crippen LogP contribution in [-0.4, -0.2) is 34.7 Å². The number of hydrogen-bond acceptors (Lipinski definition) is 7. The summed E-state index contributed by atoms with van der Waals surface area (Å²) < 4.78 is 6.96. The Morgan fingerprint density at radius 1 is 1.30 bits per heavy atom. The summed E-state index contributed by atoms with van der Waals surface area (Å²) >= 11 is 4.67. The quantitative estimate of drug-likeness (QED) is 0.683. The van der Waals surface area contributed by atoms with E-state index in [-0.39, 0.29) is 5.91 Å². The van der Waals surface area contributed by atoms with Gasteiger partial charge in [-0.2, -0.15) is 0 Å². The predicted molar refractivity (Wildman–Crippen MR) is 96.5 cm³/mol. The van der Waals surface area contributed by atoms with E-state index >= 15 is 0 Å². The fourth-order valence-corrected chi connectivity index (χ4v) is 4.44. The zero-order valence-electron chi connectivity index (χ0n) is 13.1. The molecule has 1 aromatic carbocycles. The molecule has 1 N–H and O–H groups in total. The lowest BCUT2D eigenvalue weighted by atomic mass is 10.2. The molecule has 0 aliphatic rings. The molecule has 0 radical (unpaired) electrons. The Morgan fingerprint density at radius 3 is 2.83 bits per heavy atom. The van der Waals surface area contributed by atoms with Crippen LogP contribution in [0.2, 0.25) is 0 Å². The first kappa shape index (κ1) is 18.1. The molecule has 1 aromatic heterocycles. The number of benzene rings is 1. The molecule has 0 aliphatic heterocycles. The van der Waals surface area contributed by atoms with E-state index in [1.807, 2.05) is 24.3 Å². The third-order valence-corrected chi connectivity index (χ3v) is 6.16. The average molecular weight is 370 g/mol. The topological polar surface area (TPSA) is 64.1 Å². The van der Waals surface area contributed by atoms with Crippen LogP contribution in [0.1, 0.15) is 18.9 Å². The summed E-state index contributed by atoms with van der Waals surface area (Å²) in [4.78, 5) is 11.9. The van der Waals surface area contributed by atoms with Crippen LogP contribution in [-0.2, 0) is 11.3 Å². The number of nitrogens with zero attached hydrogens (tertiary/aromatic N) is 2. The third-order valence-electron chi connectivity index (χ3n) is 2.77. The van der Waals surface area contributed by atoms with Gasteiger partial charge in [-0.15, -0.1) is 10.2 Å². The van der Waals surface area contributed by atoms with Gasteiger partial charge in [-0.1, -0.05) is 53.9 Å². The molecule has 23 heavy (non-hydrogen) atoms. The molecular formula is C15H19N3O2S3. The van der Waals surface area contributed by atoms with Crippen LogP contribution in [0.15, 0.2) is 32.9 Å². The van der Waals surface area contributed by atoms with Crippen molar-refractivity contribution in [2.45, 2.75) is 28.6 Å². The second-order valence-corrected chi connectivity index (χ2v) is 8.14. The van der Waals surface area contributed by atoms with Crippen molar-refractivity contribution in [2.75, 3.05) is 18.6 Å². The van der Waals surface area contributed by atoms with E-state index in [2.05, 4.69) is 22.4 Å². The molecule has 0 saturated heterocycles. The van der Waals surface area contributed by atoms with E-state index in [0.29, 0.717) is 12.3 Å². The van der Waals surface area contributed by atoms with Gasteiger partial charge in [-0.25, -0.2) is 0 Å². The lowest BCUT2D eigenvalue weighted by Gasteiger charge is -2.06. The predicted octanol–water partition coefficient (Wildman–Crippen LogP) is 3.46. The molecule has 2 rings (SSSR count). The van der Waals surface area contributed by atoms with Crippen LogP contribution in [0, 0.1) is 0 Å². The number of nitrogens with one attached hydrogen (secondary N) is 1. The van der Waals surface area contributed by atoms with Gasteiger partial charge in [0.05, 0.1) is 12.9 Å². The van der Waals surface area contributed by atoms with E-state index in [1.54, 1.807) is 30.2 Å². The Bertz CT molecular complexity index is 634. The molecule has 5 nitrogen and oxygen atoms in total. The SMILES string of the molecule is CCCSc1nnc(SCC(=O)NCc2cccc(OC)c2)s1. The largest absolute Gasteiger partial charge is 0.497 e. The summed E-state index contributed by atoms with van der Waals surface area (Å²) in [7, 11) is 1.63. The third kappa shape index (κ3) is 6.40. The second-order valence-electron chi connectivity index (χ2n) is 4.60. The monoisotopic (exact) mass is 369 g/mol. The molecule has 2 aromatic rings. The van der Waals surface area contributed by atoms with Crippen LogP contribution in [0.5, 0.6) is 5.75 Å². The van der Waals surface area contributed by atoms with Crippen LogP contribution >= 0.6 is 34.9 Å². The molecule has 0 spiro atoms. The number of methoxy groups -OCH3 is 1. The number of rotatable bonds is 9. The van der Waals surface area contributed by atoms with Gasteiger partial charge in [0.25, 0.3) is 0 Å². The van der Waals surface area contributed by atoms with Crippen molar-refractivity contribution in [3.05, 3.63) is 29.8 Å². The van der Waals surface area contributed by atoms with Gasteiger partial charge in [0, 0.05) is 12.3 Å². The standard InChI is InChI=1S/C15H19N3O2S3/c1-3-7-21-14-17-18-15(23-14)22-10-13(19)16-9-11-5-4-6-12(8-11)20-2/h4-6,8H,3,7,9-10H2,1-2H3,(H,16,19). The maximum Gasteiger partial charge on any atom is 0.230 e. The fourth-order valence-electron chi connectivity index (χ4n) is 1.66. The average Bonchev–Trinajstić information content (AvgIpc) is 3.04. The smallest absolute Gasteiger partial charge is 0.230 e. The highest BCUT2D eigenvalue weighted by Gasteiger charge is 2.08. The number of hydrogen-bond donors (Lipinski definition) is 1. The second kappa shape index (κ2) is 9.79. The zero-order valence-corrected chi connectivity index (χ0v) is 15.5. The minimum atomic E-state index is -0.0178. The Hall–Kier alpha value is -1.25. The number of aromatic nitrogens is 2. The van der Waals surface area contributed by atoms with Gasteiger partial charge in [-0.3, -0.25) is 4.79 Å². The highest BCUT2D eigenvalue weighted by Crippen LogP contribution is 2.28. The van der Waals surface area contributed by atoms with Crippen LogP contribution in [0.3, 0.4) is 0 Å². The van der Waals surface area contributed by atoms with Gasteiger partial charge in [0.15, 0.2) is 8.68 Å². The van der Waals surface area contributed by atoms with Crippen molar-refractivity contribution in [2.24, 2.45) is 0 Å². The minimum absolute atomic E-state index is 0.0178. The number of amides is 1. The molecular weight excluding hydrogens is 350 g/mol. The number of carbonyl (C=O) groups excluding carboxylic acids is 1. The maximum atomic E-state index is 11.9.